The molecule has 0 aromatic heterocycles. The Morgan fingerprint density at radius 1 is 1.30 bits per heavy atom. The standard InChI is InChI=1S/C8H17N2/c1-4-10-5-7(2)9-8(3)6-10/h4,7-9H,5-6H2,1-3H3. The summed E-state index contributed by atoms with van der Waals surface area (Å²) in [7, 11) is 0. The molecule has 1 heterocycles. The molecule has 0 saturated carbocycles. The van der Waals surface area contributed by atoms with E-state index in [0.717, 1.165) is 13.1 Å². The first-order valence-corrected chi connectivity index (χ1v) is 4.02. The van der Waals surface area contributed by atoms with Gasteiger partial charge in [0.1, 0.15) is 0 Å². The van der Waals surface area contributed by atoms with Crippen molar-refractivity contribution in [1.29, 1.82) is 0 Å². The molecule has 0 aromatic carbocycles. The van der Waals surface area contributed by atoms with Crippen molar-refractivity contribution in [3.63, 3.8) is 0 Å². The predicted molar refractivity (Wildman–Crippen MR) is 43.6 cm³/mol. The van der Waals surface area contributed by atoms with E-state index in [0.29, 0.717) is 12.1 Å². The third kappa shape index (κ3) is 1.96. The first-order chi connectivity index (χ1) is 4.72. The average Bonchev–Trinajstić information content (AvgIpc) is 1.85. The second-order valence-electron chi connectivity index (χ2n) is 3.18. The van der Waals surface area contributed by atoms with Crippen molar-refractivity contribution in [3.8, 4) is 0 Å². The fourth-order valence-electron chi connectivity index (χ4n) is 1.58. The summed E-state index contributed by atoms with van der Waals surface area (Å²) < 4.78 is 0. The highest BCUT2D eigenvalue weighted by Gasteiger charge is 2.18. The highest BCUT2D eigenvalue weighted by molar-refractivity contribution is 4.82. The van der Waals surface area contributed by atoms with Crippen LogP contribution >= 0.6 is 0 Å². The Bertz CT molecular complexity index is 93.4. The lowest BCUT2D eigenvalue weighted by molar-refractivity contribution is 0.211. The van der Waals surface area contributed by atoms with E-state index in [1.54, 1.807) is 0 Å². The molecule has 1 fully saturated rings. The molecule has 1 aliphatic rings. The summed E-state index contributed by atoms with van der Waals surface area (Å²) in [5.41, 5.74) is 0. The van der Waals surface area contributed by atoms with Crippen molar-refractivity contribution in [2.45, 2.75) is 32.9 Å². The third-order valence-corrected chi connectivity index (χ3v) is 1.95. The Balaban J connectivity index is 2.35. The number of piperazine rings is 1. The molecular weight excluding hydrogens is 124 g/mol. The molecule has 2 unspecified atom stereocenters. The number of nitrogens with one attached hydrogen (secondary N) is 1. The van der Waals surface area contributed by atoms with Crippen LogP contribution in [0.2, 0.25) is 0 Å². The topological polar surface area (TPSA) is 15.3 Å². The van der Waals surface area contributed by atoms with Gasteiger partial charge in [0.2, 0.25) is 0 Å². The zero-order valence-corrected chi connectivity index (χ0v) is 7.09. The second-order valence-corrected chi connectivity index (χ2v) is 3.18. The molecule has 2 nitrogen and oxygen atoms in total. The van der Waals surface area contributed by atoms with E-state index in [1.807, 2.05) is 0 Å². The van der Waals surface area contributed by atoms with Crippen LogP contribution in [0.15, 0.2) is 0 Å². The second kappa shape index (κ2) is 3.35. The molecular formula is C8H17N2. The lowest BCUT2D eigenvalue weighted by Crippen LogP contribution is -2.52. The molecule has 10 heavy (non-hydrogen) atoms. The summed E-state index contributed by atoms with van der Waals surface area (Å²) >= 11 is 0. The Morgan fingerprint density at radius 2 is 1.80 bits per heavy atom. The van der Waals surface area contributed by atoms with Crippen LogP contribution in [0.25, 0.3) is 0 Å². The highest BCUT2D eigenvalue weighted by atomic mass is 15.2. The molecule has 0 amide bonds. The van der Waals surface area contributed by atoms with E-state index in [9.17, 15) is 0 Å². The van der Waals surface area contributed by atoms with Crippen LogP contribution in [0.4, 0.5) is 0 Å². The van der Waals surface area contributed by atoms with Gasteiger partial charge in [-0.05, 0) is 20.8 Å². The van der Waals surface area contributed by atoms with Crippen molar-refractivity contribution < 1.29 is 0 Å². The van der Waals surface area contributed by atoms with Crippen LogP contribution in [0, 0.1) is 6.54 Å². The molecule has 1 radical (unpaired) electrons. The molecule has 1 rings (SSSR count). The molecule has 1 N–H and O–H groups in total. The third-order valence-electron chi connectivity index (χ3n) is 1.95. The summed E-state index contributed by atoms with van der Waals surface area (Å²) in [4.78, 5) is 2.37. The van der Waals surface area contributed by atoms with Crippen LogP contribution in [-0.2, 0) is 0 Å². The van der Waals surface area contributed by atoms with Crippen LogP contribution in [0.1, 0.15) is 20.8 Å². The quantitative estimate of drug-likeness (QED) is 0.582. The summed E-state index contributed by atoms with van der Waals surface area (Å²) in [6.07, 6.45) is 0. The molecule has 2 atom stereocenters. The Hall–Kier alpha value is -0.0800. The molecule has 0 spiro atoms. The average molecular weight is 141 g/mol. The fourth-order valence-corrected chi connectivity index (χ4v) is 1.58. The number of hydrogen-bond acceptors (Lipinski definition) is 2. The highest BCUT2D eigenvalue weighted by Crippen LogP contribution is 2.04. The van der Waals surface area contributed by atoms with Crippen LogP contribution in [0.3, 0.4) is 0 Å². The van der Waals surface area contributed by atoms with E-state index < -0.39 is 0 Å². The fraction of sp³-hybridized carbons (Fsp3) is 0.875. The van der Waals surface area contributed by atoms with E-state index in [1.165, 1.54) is 0 Å². The van der Waals surface area contributed by atoms with Gasteiger partial charge in [-0.3, -0.25) is 4.90 Å². The molecule has 2 heteroatoms. The number of hydrogen-bond donors (Lipinski definition) is 1. The minimum absolute atomic E-state index is 0.639. The summed E-state index contributed by atoms with van der Waals surface area (Å²) in [6.45, 7) is 11.0. The van der Waals surface area contributed by atoms with Gasteiger partial charge in [-0.2, -0.15) is 0 Å². The van der Waals surface area contributed by atoms with Gasteiger partial charge in [0.05, 0.1) is 0 Å². The maximum atomic E-state index is 3.48. The molecule has 1 aliphatic heterocycles. The van der Waals surface area contributed by atoms with E-state index >= 15 is 0 Å². The normalized spacial score (nSPS) is 36.3. The molecule has 1 saturated heterocycles. The minimum atomic E-state index is 0.639. The van der Waals surface area contributed by atoms with Crippen LogP contribution in [0.5, 0.6) is 0 Å². The number of nitrogens with zero attached hydrogens (tertiary/aromatic N) is 1. The van der Waals surface area contributed by atoms with Gasteiger partial charge in [-0.1, -0.05) is 0 Å². The maximum absolute atomic E-state index is 3.48. The lowest BCUT2D eigenvalue weighted by Gasteiger charge is -2.35. The van der Waals surface area contributed by atoms with Gasteiger partial charge < -0.3 is 5.32 Å². The summed E-state index contributed by atoms with van der Waals surface area (Å²) in [5, 5.41) is 3.48. The zero-order valence-electron chi connectivity index (χ0n) is 7.09. The zero-order chi connectivity index (χ0) is 7.56. The largest absolute Gasteiger partial charge is 0.309 e. The van der Waals surface area contributed by atoms with Crippen molar-refractivity contribution in [2.75, 3.05) is 13.1 Å². The van der Waals surface area contributed by atoms with Crippen LogP contribution < -0.4 is 5.32 Å². The van der Waals surface area contributed by atoms with Crippen LogP contribution in [-0.4, -0.2) is 30.1 Å². The molecule has 0 aromatic rings. The monoisotopic (exact) mass is 141 g/mol. The van der Waals surface area contributed by atoms with E-state index in [-0.39, 0.29) is 0 Å². The Labute approximate surface area is 63.6 Å². The van der Waals surface area contributed by atoms with Gasteiger partial charge in [0.25, 0.3) is 0 Å². The van der Waals surface area contributed by atoms with Crippen molar-refractivity contribution in [1.82, 2.24) is 10.2 Å². The summed E-state index contributed by atoms with van der Waals surface area (Å²) in [6, 6.07) is 1.28. The Morgan fingerprint density at radius 3 is 2.20 bits per heavy atom. The lowest BCUT2D eigenvalue weighted by atomic mass is 10.1. The first kappa shape index (κ1) is 8.02. The number of rotatable bonds is 1. The van der Waals surface area contributed by atoms with Gasteiger partial charge in [0, 0.05) is 31.7 Å². The minimum Gasteiger partial charge on any atom is -0.309 e. The molecule has 0 bridgehead atoms. The van der Waals surface area contributed by atoms with E-state index in [4.69, 9.17) is 0 Å². The van der Waals surface area contributed by atoms with Crippen molar-refractivity contribution in [2.24, 2.45) is 0 Å². The first-order valence-electron chi connectivity index (χ1n) is 4.02. The maximum Gasteiger partial charge on any atom is 0.0221 e. The smallest absolute Gasteiger partial charge is 0.0221 e. The predicted octanol–water partition coefficient (Wildman–Crippen LogP) is 0.850. The van der Waals surface area contributed by atoms with Gasteiger partial charge in [-0.25, -0.2) is 0 Å². The summed E-state index contributed by atoms with van der Waals surface area (Å²) in [5.74, 6) is 0. The van der Waals surface area contributed by atoms with E-state index in [2.05, 4.69) is 37.5 Å². The van der Waals surface area contributed by atoms with Crippen molar-refractivity contribution >= 4 is 0 Å². The van der Waals surface area contributed by atoms with Gasteiger partial charge >= 0.3 is 0 Å². The molecule has 0 aliphatic carbocycles. The van der Waals surface area contributed by atoms with Crippen molar-refractivity contribution in [3.05, 3.63) is 6.54 Å². The Kier molecular flexibility index (Phi) is 2.69. The van der Waals surface area contributed by atoms with Gasteiger partial charge in [0.15, 0.2) is 0 Å². The molecule has 59 valence electrons. The van der Waals surface area contributed by atoms with Gasteiger partial charge in [-0.15, -0.1) is 0 Å². The SMILES string of the molecule is C[CH]N1CC(C)NC(C)C1.